The second kappa shape index (κ2) is 5.12. The smallest absolute Gasteiger partial charge is 0.134 e. The lowest BCUT2D eigenvalue weighted by Gasteiger charge is -2.24. The Bertz CT molecular complexity index is 550. The molecule has 0 bridgehead atoms. The van der Waals surface area contributed by atoms with Gasteiger partial charge in [0.2, 0.25) is 0 Å². The van der Waals surface area contributed by atoms with Crippen LogP contribution in [0.2, 0.25) is 5.02 Å². The van der Waals surface area contributed by atoms with E-state index in [1.165, 1.54) is 0 Å². The van der Waals surface area contributed by atoms with E-state index in [0.29, 0.717) is 6.04 Å². The summed E-state index contributed by atoms with van der Waals surface area (Å²) in [4.78, 5) is 4.45. The number of pyridine rings is 1. The molecule has 0 atom stereocenters. The number of nitrogens with one attached hydrogen (secondary N) is 2. The van der Waals surface area contributed by atoms with Gasteiger partial charge < -0.3 is 10.6 Å². The number of nitrogens with zero attached hydrogens (tertiary/aromatic N) is 1. The number of rotatable bonds is 2. The van der Waals surface area contributed by atoms with E-state index in [9.17, 15) is 0 Å². The Morgan fingerprint density at radius 1 is 1.17 bits per heavy atom. The maximum absolute atomic E-state index is 6.21. The molecule has 0 amide bonds. The molecule has 1 saturated heterocycles. The van der Waals surface area contributed by atoms with Crippen LogP contribution in [0.3, 0.4) is 0 Å². The highest BCUT2D eigenvalue weighted by Crippen LogP contribution is 2.28. The van der Waals surface area contributed by atoms with E-state index in [-0.39, 0.29) is 0 Å². The third-order valence-electron chi connectivity index (χ3n) is 3.43. The van der Waals surface area contributed by atoms with E-state index >= 15 is 0 Å². The molecule has 94 valence electrons. The van der Waals surface area contributed by atoms with Crippen LogP contribution in [-0.4, -0.2) is 24.1 Å². The van der Waals surface area contributed by atoms with Gasteiger partial charge in [0.1, 0.15) is 5.82 Å². The quantitative estimate of drug-likeness (QED) is 0.873. The van der Waals surface area contributed by atoms with Crippen LogP contribution >= 0.6 is 11.6 Å². The average molecular weight is 262 g/mol. The maximum Gasteiger partial charge on any atom is 0.134 e. The van der Waals surface area contributed by atoms with Crippen molar-refractivity contribution in [3.63, 3.8) is 0 Å². The zero-order chi connectivity index (χ0) is 12.4. The third-order valence-corrected chi connectivity index (χ3v) is 3.76. The fourth-order valence-corrected chi connectivity index (χ4v) is 2.68. The van der Waals surface area contributed by atoms with Gasteiger partial charge in [-0.1, -0.05) is 23.7 Å². The molecule has 0 unspecified atom stereocenters. The lowest BCUT2D eigenvalue weighted by atomic mass is 10.1. The van der Waals surface area contributed by atoms with Crippen molar-refractivity contribution in [2.75, 3.05) is 18.4 Å². The van der Waals surface area contributed by atoms with Gasteiger partial charge in [-0.2, -0.15) is 0 Å². The maximum atomic E-state index is 6.21. The molecule has 0 radical (unpaired) electrons. The number of benzene rings is 1. The SMILES string of the molecule is Clc1cccc2c(NC3CCNCC3)nccc12. The van der Waals surface area contributed by atoms with E-state index in [2.05, 4.69) is 21.7 Å². The minimum Gasteiger partial charge on any atom is -0.367 e. The van der Waals surface area contributed by atoms with E-state index in [4.69, 9.17) is 11.6 Å². The Balaban J connectivity index is 1.93. The molecule has 1 fully saturated rings. The molecule has 0 aliphatic carbocycles. The molecule has 0 saturated carbocycles. The molecule has 1 aliphatic rings. The number of hydrogen-bond donors (Lipinski definition) is 2. The van der Waals surface area contributed by atoms with Crippen LogP contribution in [0.4, 0.5) is 5.82 Å². The Labute approximate surface area is 112 Å². The number of hydrogen-bond acceptors (Lipinski definition) is 3. The summed E-state index contributed by atoms with van der Waals surface area (Å²) < 4.78 is 0. The Kier molecular flexibility index (Phi) is 3.35. The van der Waals surface area contributed by atoms with Gasteiger partial charge in [-0.05, 0) is 38.1 Å². The molecule has 2 heterocycles. The Morgan fingerprint density at radius 2 is 2.00 bits per heavy atom. The highest BCUT2D eigenvalue weighted by molar-refractivity contribution is 6.35. The summed E-state index contributed by atoms with van der Waals surface area (Å²) in [6.07, 6.45) is 4.09. The van der Waals surface area contributed by atoms with Crippen LogP contribution in [0.25, 0.3) is 10.8 Å². The third kappa shape index (κ3) is 2.28. The van der Waals surface area contributed by atoms with Crippen molar-refractivity contribution in [3.05, 3.63) is 35.5 Å². The van der Waals surface area contributed by atoms with E-state index in [0.717, 1.165) is 47.5 Å². The normalized spacial score (nSPS) is 16.9. The van der Waals surface area contributed by atoms with Crippen molar-refractivity contribution in [1.82, 2.24) is 10.3 Å². The molecular formula is C14H16ClN3. The molecule has 1 aliphatic heterocycles. The van der Waals surface area contributed by atoms with Crippen LogP contribution in [-0.2, 0) is 0 Å². The standard InChI is InChI=1S/C14H16ClN3/c15-13-3-1-2-12-11(13)6-9-17-14(12)18-10-4-7-16-8-5-10/h1-3,6,9-10,16H,4-5,7-8H2,(H,17,18). The molecule has 3 nitrogen and oxygen atoms in total. The minimum absolute atomic E-state index is 0.503. The summed E-state index contributed by atoms with van der Waals surface area (Å²) in [6, 6.07) is 8.42. The molecule has 2 N–H and O–H groups in total. The van der Waals surface area contributed by atoms with Gasteiger partial charge in [-0.25, -0.2) is 4.98 Å². The second-order valence-electron chi connectivity index (χ2n) is 4.66. The fraction of sp³-hybridized carbons (Fsp3) is 0.357. The first-order valence-electron chi connectivity index (χ1n) is 6.35. The molecule has 2 aromatic rings. The predicted octanol–water partition coefficient (Wildman–Crippen LogP) is 3.05. The first-order chi connectivity index (χ1) is 8.84. The number of halogens is 1. The van der Waals surface area contributed by atoms with E-state index in [1.54, 1.807) is 0 Å². The summed E-state index contributed by atoms with van der Waals surface area (Å²) in [5, 5.41) is 9.85. The van der Waals surface area contributed by atoms with E-state index in [1.807, 2.05) is 24.4 Å². The van der Waals surface area contributed by atoms with Crippen molar-refractivity contribution in [1.29, 1.82) is 0 Å². The first kappa shape index (κ1) is 11.8. The molecule has 18 heavy (non-hydrogen) atoms. The Hall–Kier alpha value is -1.32. The summed E-state index contributed by atoms with van der Waals surface area (Å²) in [6.45, 7) is 2.15. The van der Waals surface area contributed by atoms with Crippen LogP contribution in [0.5, 0.6) is 0 Å². The summed E-state index contributed by atoms with van der Waals surface area (Å²) in [5.41, 5.74) is 0. The van der Waals surface area contributed by atoms with Crippen molar-refractivity contribution < 1.29 is 0 Å². The van der Waals surface area contributed by atoms with Crippen LogP contribution in [0.15, 0.2) is 30.5 Å². The zero-order valence-electron chi connectivity index (χ0n) is 10.1. The predicted molar refractivity (Wildman–Crippen MR) is 76.3 cm³/mol. The summed E-state index contributed by atoms with van der Waals surface area (Å²) in [5.74, 6) is 0.946. The van der Waals surface area contributed by atoms with Gasteiger partial charge in [0.15, 0.2) is 0 Å². The monoisotopic (exact) mass is 261 g/mol. The number of fused-ring (bicyclic) bond motifs is 1. The summed E-state index contributed by atoms with van der Waals surface area (Å²) in [7, 11) is 0. The first-order valence-corrected chi connectivity index (χ1v) is 6.73. The number of anilines is 1. The lowest BCUT2D eigenvalue weighted by molar-refractivity contribution is 0.478. The van der Waals surface area contributed by atoms with Gasteiger partial charge >= 0.3 is 0 Å². The molecule has 0 spiro atoms. The van der Waals surface area contributed by atoms with Crippen molar-refractivity contribution in [3.8, 4) is 0 Å². The Morgan fingerprint density at radius 3 is 2.83 bits per heavy atom. The van der Waals surface area contributed by atoms with Gasteiger partial charge in [0.25, 0.3) is 0 Å². The summed E-state index contributed by atoms with van der Waals surface area (Å²) >= 11 is 6.21. The van der Waals surface area contributed by atoms with Gasteiger partial charge in [0, 0.05) is 28.0 Å². The van der Waals surface area contributed by atoms with E-state index < -0.39 is 0 Å². The van der Waals surface area contributed by atoms with Crippen LogP contribution in [0.1, 0.15) is 12.8 Å². The molecule has 3 rings (SSSR count). The van der Waals surface area contributed by atoms with Crippen LogP contribution < -0.4 is 10.6 Å². The van der Waals surface area contributed by atoms with Gasteiger partial charge in [-0.15, -0.1) is 0 Å². The topological polar surface area (TPSA) is 37.0 Å². The molecule has 4 heteroatoms. The molecule has 1 aromatic heterocycles. The van der Waals surface area contributed by atoms with Crippen molar-refractivity contribution >= 4 is 28.2 Å². The van der Waals surface area contributed by atoms with Gasteiger partial charge in [-0.3, -0.25) is 0 Å². The molecule has 1 aromatic carbocycles. The van der Waals surface area contributed by atoms with Gasteiger partial charge in [0.05, 0.1) is 0 Å². The van der Waals surface area contributed by atoms with Crippen molar-refractivity contribution in [2.24, 2.45) is 0 Å². The number of piperidine rings is 1. The largest absolute Gasteiger partial charge is 0.367 e. The average Bonchev–Trinajstić information content (AvgIpc) is 2.41. The second-order valence-corrected chi connectivity index (χ2v) is 5.07. The highest BCUT2D eigenvalue weighted by atomic mass is 35.5. The highest BCUT2D eigenvalue weighted by Gasteiger charge is 2.14. The fourth-order valence-electron chi connectivity index (χ4n) is 2.44. The molecular weight excluding hydrogens is 246 g/mol. The van der Waals surface area contributed by atoms with Crippen molar-refractivity contribution in [2.45, 2.75) is 18.9 Å². The zero-order valence-corrected chi connectivity index (χ0v) is 10.9. The minimum atomic E-state index is 0.503. The number of aromatic nitrogens is 1. The van der Waals surface area contributed by atoms with Crippen LogP contribution in [0, 0.1) is 0 Å². The lowest BCUT2D eigenvalue weighted by Crippen LogP contribution is -2.35.